The number of nitrogens with zero attached hydrogens (tertiary/aromatic N) is 3. The minimum atomic E-state index is 0.0175. The van der Waals surface area contributed by atoms with Crippen LogP contribution < -0.4 is 5.32 Å². The Balaban J connectivity index is 1.29. The number of likely N-dealkylation sites (tertiary alicyclic amines) is 1. The van der Waals surface area contributed by atoms with Crippen molar-refractivity contribution in [3.63, 3.8) is 0 Å². The van der Waals surface area contributed by atoms with Gasteiger partial charge in [0.05, 0.1) is 0 Å². The van der Waals surface area contributed by atoms with Gasteiger partial charge in [-0.1, -0.05) is 12.1 Å². The van der Waals surface area contributed by atoms with Gasteiger partial charge in [-0.25, -0.2) is 0 Å². The van der Waals surface area contributed by atoms with Crippen molar-refractivity contribution in [3.8, 4) is 0 Å². The minimum absolute atomic E-state index is 0.0175. The molecule has 3 heterocycles. The van der Waals surface area contributed by atoms with Crippen LogP contribution in [0.15, 0.2) is 42.7 Å². The summed E-state index contributed by atoms with van der Waals surface area (Å²) in [7, 11) is 2.24. The molecule has 1 aromatic carbocycles. The molecule has 3 atom stereocenters. The lowest BCUT2D eigenvalue weighted by Crippen LogP contribution is -2.47. The second-order valence-electron chi connectivity index (χ2n) is 8.20. The van der Waals surface area contributed by atoms with Gasteiger partial charge in [0.15, 0.2) is 5.82 Å². The Bertz CT molecular complexity index is 999. The lowest BCUT2D eigenvalue weighted by atomic mass is 9.71. The van der Waals surface area contributed by atoms with Crippen LogP contribution in [0.3, 0.4) is 0 Å². The molecule has 0 bridgehead atoms. The highest BCUT2D eigenvalue weighted by molar-refractivity contribution is 5.89. The van der Waals surface area contributed by atoms with Crippen LogP contribution in [0, 0.1) is 5.92 Å². The van der Waals surface area contributed by atoms with Gasteiger partial charge in [-0.15, -0.1) is 5.10 Å². The topological polar surface area (TPSA) is 73.9 Å². The average molecular weight is 375 g/mol. The number of hydrogen-bond acceptors (Lipinski definition) is 4. The van der Waals surface area contributed by atoms with Gasteiger partial charge >= 0.3 is 0 Å². The number of benzene rings is 1. The van der Waals surface area contributed by atoms with E-state index in [0.29, 0.717) is 30.1 Å². The highest BCUT2D eigenvalue weighted by Gasteiger charge is 2.39. The summed E-state index contributed by atoms with van der Waals surface area (Å²) in [5, 5.41) is 12.0. The maximum absolute atomic E-state index is 12.3. The molecule has 1 aliphatic carbocycles. The first-order valence-electron chi connectivity index (χ1n) is 10.1. The monoisotopic (exact) mass is 375 g/mol. The molecular formula is C22H25N5O. The van der Waals surface area contributed by atoms with Crippen LogP contribution in [0.4, 0.5) is 5.82 Å². The molecule has 0 saturated carbocycles. The average Bonchev–Trinajstić information content (AvgIpc) is 3.12. The summed E-state index contributed by atoms with van der Waals surface area (Å²) in [5.41, 5.74) is 4.17. The largest absolute Gasteiger partial charge is 0.361 e. The third-order valence-electron chi connectivity index (χ3n) is 6.43. The maximum atomic E-state index is 12.3. The normalized spacial score (nSPS) is 24.1. The number of likely N-dealkylation sites (N-methyl/N-ethyl adjacent to an activating group) is 1. The highest BCUT2D eigenvalue weighted by Crippen LogP contribution is 2.44. The standard InChI is InChI=1S/C22H25N5O/c1-27-13-14(7-8-21(28)25-20-6-3-9-24-26-20)10-17-16-4-2-5-18-22(16)15(12-23-18)11-19(17)27/h2-6,9,12,14,17,19,23H,7-8,10-11,13H2,1H3,(H,25,26,28). The van der Waals surface area contributed by atoms with Crippen molar-refractivity contribution >= 4 is 22.6 Å². The van der Waals surface area contributed by atoms with Crippen molar-refractivity contribution in [2.75, 3.05) is 18.9 Å². The van der Waals surface area contributed by atoms with E-state index in [9.17, 15) is 4.79 Å². The second-order valence-corrected chi connectivity index (χ2v) is 8.20. The third-order valence-corrected chi connectivity index (χ3v) is 6.43. The fourth-order valence-electron chi connectivity index (χ4n) is 5.17. The Kier molecular flexibility index (Phi) is 4.36. The number of carbonyl (C=O) groups excluding carboxylic acids is 1. The van der Waals surface area contributed by atoms with E-state index in [0.717, 1.165) is 25.8 Å². The molecule has 1 fully saturated rings. The van der Waals surface area contributed by atoms with Crippen LogP contribution in [0.5, 0.6) is 0 Å². The molecule has 2 aromatic heterocycles. The molecule has 6 nitrogen and oxygen atoms in total. The molecule has 5 rings (SSSR count). The lowest BCUT2D eigenvalue weighted by Gasteiger charge is -2.45. The zero-order valence-electron chi connectivity index (χ0n) is 16.1. The fraction of sp³-hybridized carbons (Fsp3) is 0.409. The number of rotatable bonds is 4. The molecule has 2 N–H and O–H groups in total. The number of piperidine rings is 1. The number of aromatic nitrogens is 3. The number of anilines is 1. The summed E-state index contributed by atoms with van der Waals surface area (Å²) in [5.74, 6) is 1.60. The zero-order valence-corrected chi connectivity index (χ0v) is 16.1. The fourth-order valence-corrected chi connectivity index (χ4v) is 5.17. The molecule has 0 spiro atoms. The predicted molar refractivity (Wildman–Crippen MR) is 109 cm³/mol. The van der Waals surface area contributed by atoms with E-state index in [1.807, 2.05) is 0 Å². The number of fused-ring (bicyclic) bond motifs is 2. The molecule has 6 heteroatoms. The number of carbonyl (C=O) groups is 1. The van der Waals surface area contributed by atoms with Crippen LogP contribution in [0.1, 0.15) is 36.3 Å². The Hall–Kier alpha value is -2.73. The van der Waals surface area contributed by atoms with Crippen molar-refractivity contribution in [1.29, 1.82) is 0 Å². The van der Waals surface area contributed by atoms with Gasteiger partial charge in [0, 0.05) is 48.2 Å². The number of aromatic amines is 1. The highest BCUT2D eigenvalue weighted by atomic mass is 16.1. The van der Waals surface area contributed by atoms with E-state index in [-0.39, 0.29) is 5.91 Å². The molecular weight excluding hydrogens is 350 g/mol. The van der Waals surface area contributed by atoms with E-state index < -0.39 is 0 Å². The van der Waals surface area contributed by atoms with E-state index in [2.05, 4.69) is 56.8 Å². The summed E-state index contributed by atoms with van der Waals surface area (Å²) in [6.07, 6.45) is 7.46. The van der Waals surface area contributed by atoms with Gasteiger partial charge in [-0.3, -0.25) is 4.79 Å². The first kappa shape index (κ1) is 17.4. The smallest absolute Gasteiger partial charge is 0.225 e. The Morgan fingerprint density at radius 2 is 2.25 bits per heavy atom. The number of hydrogen-bond donors (Lipinski definition) is 2. The van der Waals surface area contributed by atoms with Crippen LogP contribution in [-0.4, -0.2) is 45.6 Å². The van der Waals surface area contributed by atoms with Crippen molar-refractivity contribution < 1.29 is 4.79 Å². The van der Waals surface area contributed by atoms with Crippen molar-refractivity contribution in [2.45, 2.75) is 37.6 Å². The lowest BCUT2D eigenvalue weighted by molar-refractivity contribution is -0.116. The molecule has 3 unspecified atom stereocenters. The van der Waals surface area contributed by atoms with Crippen LogP contribution in [-0.2, 0) is 11.2 Å². The number of nitrogens with one attached hydrogen (secondary N) is 2. The number of amides is 1. The second kappa shape index (κ2) is 7.02. The van der Waals surface area contributed by atoms with Crippen molar-refractivity contribution in [3.05, 3.63) is 53.9 Å². The molecule has 144 valence electrons. The van der Waals surface area contributed by atoms with Gasteiger partial charge in [-0.05, 0) is 61.6 Å². The Labute approximate surface area is 164 Å². The van der Waals surface area contributed by atoms with Crippen molar-refractivity contribution in [1.82, 2.24) is 20.1 Å². The minimum Gasteiger partial charge on any atom is -0.361 e. The first-order chi connectivity index (χ1) is 13.7. The van der Waals surface area contributed by atoms with Gasteiger partial charge < -0.3 is 15.2 Å². The SMILES string of the molecule is CN1CC(CCC(=O)Nc2cccnn2)CC2c3cccc4[nH]cc(c34)CC21. The third kappa shape index (κ3) is 3.07. The van der Waals surface area contributed by atoms with Gasteiger partial charge in [0.2, 0.25) is 5.91 Å². The quantitative estimate of drug-likeness (QED) is 0.733. The summed E-state index contributed by atoms with van der Waals surface area (Å²) in [6, 6.07) is 10.7. The van der Waals surface area contributed by atoms with E-state index in [4.69, 9.17) is 0 Å². The molecule has 28 heavy (non-hydrogen) atoms. The predicted octanol–water partition coefficient (Wildman–Crippen LogP) is 3.34. The Morgan fingerprint density at radius 1 is 1.32 bits per heavy atom. The van der Waals surface area contributed by atoms with E-state index in [1.54, 1.807) is 18.3 Å². The van der Waals surface area contributed by atoms with Crippen LogP contribution in [0.2, 0.25) is 0 Å². The summed E-state index contributed by atoms with van der Waals surface area (Å²) < 4.78 is 0. The van der Waals surface area contributed by atoms with E-state index >= 15 is 0 Å². The molecule has 1 amide bonds. The summed E-state index contributed by atoms with van der Waals surface area (Å²) >= 11 is 0. The number of H-pyrrole nitrogens is 1. The Morgan fingerprint density at radius 3 is 3.11 bits per heavy atom. The molecule has 0 radical (unpaired) electrons. The molecule has 3 aromatic rings. The maximum Gasteiger partial charge on any atom is 0.225 e. The molecule has 2 aliphatic rings. The summed E-state index contributed by atoms with van der Waals surface area (Å²) in [6.45, 7) is 1.05. The van der Waals surface area contributed by atoms with Gasteiger partial charge in [0.25, 0.3) is 0 Å². The van der Waals surface area contributed by atoms with Crippen LogP contribution in [0.25, 0.3) is 10.9 Å². The summed E-state index contributed by atoms with van der Waals surface area (Å²) in [4.78, 5) is 18.3. The first-order valence-corrected chi connectivity index (χ1v) is 10.1. The zero-order chi connectivity index (χ0) is 19.1. The van der Waals surface area contributed by atoms with Crippen molar-refractivity contribution in [2.24, 2.45) is 5.92 Å². The van der Waals surface area contributed by atoms with Gasteiger partial charge in [-0.2, -0.15) is 5.10 Å². The van der Waals surface area contributed by atoms with E-state index in [1.165, 1.54) is 22.0 Å². The van der Waals surface area contributed by atoms with Crippen LogP contribution >= 0.6 is 0 Å². The van der Waals surface area contributed by atoms with Gasteiger partial charge in [0.1, 0.15) is 0 Å². The molecule has 1 saturated heterocycles. The molecule has 1 aliphatic heterocycles.